The minimum absolute atomic E-state index is 0.0280. The molecule has 1 aromatic carbocycles. The summed E-state index contributed by atoms with van der Waals surface area (Å²) in [4.78, 5) is 25.5. The highest BCUT2D eigenvalue weighted by molar-refractivity contribution is 5.78. The molecule has 134 valence electrons. The number of methoxy groups -OCH3 is 1. The van der Waals surface area contributed by atoms with E-state index in [1.165, 1.54) is 0 Å². The van der Waals surface area contributed by atoms with Gasteiger partial charge in [0.1, 0.15) is 5.75 Å². The molecule has 0 radical (unpaired) electrons. The molecule has 5 heteroatoms. The van der Waals surface area contributed by atoms with Crippen LogP contribution >= 0.6 is 0 Å². The van der Waals surface area contributed by atoms with E-state index in [0.29, 0.717) is 19.6 Å². The number of ether oxygens (including phenoxy) is 1. The normalized spacial score (nSPS) is 10.5. The van der Waals surface area contributed by atoms with Gasteiger partial charge >= 0.3 is 0 Å². The molecule has 0 saturated heterocycles. The molecule has 0 spiro atoms. The van der Waals surface area contributed by atoms with Crippen molar-refractivity contribution in [3.8, 4) is 5.75 Å². The molecule has 0 aliphatic heterocycles. The fourth-order valence-corrected chi connectivity index (χ4v) is 2.60. The number of benzene rings is 1. The monoisotopic (exact) mass is 334 g/mol. The minimum Gasteiger partial charge on any atom is -0.497 e. The molecular formula is C19H30N2O3. The summed E-state index contributed by atoms with van der Waals surface area (Å²) in [6, 6.07) is 7.85. The first kappa shape index (κ1) is 20.0. The third-order valence-corrected chi connectivity index (χ3v) is 4.31. The van der Waals surface area contributed by atoms with Gasteiger partial charge in [0.25, 0.3) is 0 Å². The van der Waals surface area contributed by atoms with Gasteiger partial charge in [-0.25, -0.2) is 0 Å². The van der Waals surface area contributed by atoms with Crippen LogP contribution in [0.25, 0.3) is 0 Å². The number of amides is 2. The van der Waals surface area contributed by atoms with E-state index in [4.69, 9.17) is 4.74 Å². The topological polar surface area (TPSA) is 58.6 Å². The number of carbonyl (C=O) groups excluding carboxylic acids is 2. The Morgan fingerprint density at radius 1 is 1.12 bits per heavy atom. The molecule has 0 aromatic heterocycles. The second kappa shape index (κ2) is 10.7. The number of nitrogens with one attached hydrogen (secondary N) is 1. The number of rotatable bonds is 10. The third kappa shape index (κ3) is 6.60. The van der Waals surface area contributed by atoms with Crippen molar-refractivity contribution in [1.29, 1.82) is 0 Å². The summed E-state index contributed by atoms with van der Waals surface area (Å²) >= 11 is 0. The molecule has 0 aliphatic rings. The predicted molar refractivity (Wildman–Crippen MR) is 96.0 cm³/mol. The van der Waals surface area contributed by atoms with Gasteiger partial charge in [-0.15, -0.1) is 0 Å². The lowest BCUT2D eigenvalue weighted by Gasteiger charge is -2.22. The summed E-state index contributed by atoms with van der Waals surface area (Å²) in [5, 5.41) is 2.93. The average molecular weight is 334 g/mol. The van der Waals surface area contributed by atoms with Crippen LogP contribution in [0.5, 0.6) is 5.75 Å². The van der Waals surface area contributed by atoms with E-state index in [2.05, 4.69) is 5.32 Å². The zero-order valence-corrected chi connectivity index (χ0v) is 15.3. The van der Waals surface area contributed by atoms with Crippen molar-refractivity contribution in [3.63, 3.8) is 0 Å². The summed E-state index contributed by atoms with van der Waals surface area (Å²) in [7, 11) is 1.64. The van der Waals surface area contributed by atoms with Crippen LogP contribution in [0.1, 0.15) is 39.2 Å². The SMILES string of the molecule is CCC(CC)C(=O)NCCN(CCc1ccc(OC)cc1)C(C)=O. The summed E-state index contributed by atoms with van der Waals surface area (Å²) < 4.78 is 5.14. The van der Waals surface area contributed by atoms with Crippen LogP contribution < -0.4 is 10.1 Å². The molecule has 0 unspecified atom stereocenters. The van der Waals surface area contributed by atoms with E-state index in [0.717, 1.165) is 30.6 Å². The summed E-state index contributed by atoms with van der Waals surface area (Å²) in [6.45, 7) is 7.28. The van der Waals surface area contributed by atoms with E-state index >= 15 is 0 Å². The van der Waals surface area contributed by atoms with Gasteiger partial charge in [0.15, 0.2) is 0 Å². The van der Waals surface area contributed by atoms with Gasteiger partial charge in [-0.1, -0.05) is 26.0 Å². The molecule has 0 atom stereocenters. The molecule has 1 N–H and O–H groups in total. The van der Waals surface area contributed by atoms with Crippen molar-refractivity contribution in [2.75, 3.05) is 26.7 Å². The lowest BCUT2D eigenvalue weighted by molar-refractivity contribution is -0.130. The highest BCUT2D eigenvalue weighted by Crippen LogP contribution is 2.12. The summed E-state index contributed by atoms with van der Waals surface area (Å²) in [6.07, 6.45) is 2.47. The zero-order valence-electron chi connectivity index (χ0n) is 15.3. The van der Waals surface area contributed by atoms with E-state index in [1.807, 2.05) is 38.1 Å². The van der Waals surface area contributed by atoms with Gasteiger partial charge in [-0.05, 0) is 37.0 Å². The fraction of sp³-hybridized carbons (Fsp3) is 0.579. The first-order chi connectivity index (χ1) is 11.5. The molecule has 0 aliphatic carbocycles. The molecule has 5 nitrogen and oxygen atoms in total. The summed E-state index contributed by atoms with van der Waals surface area (Å²) in [5.74, 6) is 1.00. The fourth-order valence-electron chi connectivity index (χ4n) is 2.60. The Balaban J connectivity index is 2.43. The van der Waals surface area contributed by atoms with Crippen LogP contribution in [-0.2, 0) is 16.0 Å². The second-order valence-electron chi connectivity index (χ2n) is 5.91. The van der Waals surface area contributed by atoms with Crippen molar-refractivity contribution >= 4 is 11.8 Å². The molecule has 0 fully saturated rings. The molecule has 1 aromatic rings. The molecular weight excluding hydrogens is 304 g/mol. The molecule has 0 heterocycles. The lowest BCUT2D eigenvalue weighted by atomic mass is 10.0. The highest BCUT2D eigenvalue weighted by atomic mass is 16.5. The number of carbonyl (C=O) groups is 2. The number of hydrogen-bond donors (Lipinski definition) is 1. The Morgan fingerprint density at radius 3 is 2.25 bits per heavy atom. The predicted octanol–water partition coefficient (Wildman–Crippen LogP) is 2.64. The van der Waals surface area contributed by atoms with Crippen LogP contribution in [0.3, 0.4) is 0 Å². The van der Waals surface area contributed by atoms with Gasteiger partial charge in [0, 0.05) is 32.5 Å². The Kier molecular flexibility index (Phi) is 8.90. The molecule has 1 rings (SSSR count). The third-order valence-electron chi connectivity index (χ3n) is 4.31. The minimum atomic E-state index is 0.0280. The van der Waals surface area contributed by atoms with E-state index < -0.39 is 0 Å². The van der Waals surface area contributed by atoms with Crippen LogP contribution in [0, 0.1) is 5.92 Å². The van der Waals surface area contributed by atoms with Gasteiger partial charge < -0.3 is 15.0 Å². The standard InChI is InChI=1S/C19H30N2O3/c1-5-17(6-2)19(23)20-12-14-21(15(3)22)13-11-16-7-9-18(24-4)10-8-16/h7-10,17H,5-6,11-14H2,1-4H3,(H,20,23). The largest absolute Gasteiger partial charge is 0.497 e. The van der Waals surface area contributed by atoms with Crippen LogP contribution in [0.4, 0.5) is 0 Å². The first-order valence-electron chi connectivity index (χ1n) is 8.67. The average Bonchev–Trinajstić information content (AvgIpc) is 2.59. The van der Waals surface area contributed by atoms with Gasteiger partial charge in [0.05, 0.1) is 7.11 Å². The van der Waals surface area contributed by atoms with E-state index in [9.17, 15) is 9.59 Å². The quantitative estimate of drug-likeness (QED) is 0.715. The zero-order chi connectivity index (χ0) is 17.9. The Labute approximate surface area is 145 Å². The molecule has 2 amide bonds. The van der Waals surface area contributed by atoms with E-state index in [1.54, 1.807) is 18.9 Å². The molecule has 0 saturated carbocycles. The lowest BCUT2D eigenvalue weighted by Crippen LogP contribution is -2.40. The van der Waals surface area contributed by atoms with Crippen molar-refractivity contribution in [2.24, 2.45) is 5.92 Å². The molecule has 24 heavy (non-hydrogen) atoms. The van der Waals surface area contributed by atoms with Crippen LogP contribution in [0.2, 0.25) is 0 Å². The van der Waals surface area contributed by atoms with E-state index in [-0.39, 0.29) is 17.7 Å². The second-order valence-corrected chi connectivity index (χ2v) is 5.91. The maximum atomic E-state index is 12.0. The Hall–Kier alpha value is -2.04. The number of nitrogens with zero attached hydrogens (tertiary/aromatic N) is 1. The van der Waals surface area contributed by atoms with Gasteiger partial charge in [-0.3, -0.25) is 9.59 Å². The highest BCUT2D eigenvalue weighted by Gasteiger charge is 2.14. The Bertz CT molecular complexity index is 510. The first-order valence-corrected chi connectivity index (χ1v) is 8.67. The molecule has 0 bridgehead atoms. The van der Waals surface area contributed by atoms with Crippen molar-refractivity contribution in [2.45, 2.75) is 40.0 Å². The van der Waals surface area contributed by atoms with Crippen molar-refractivity contribution in [3.05, 3.63) is 29.8 Å². The van der Waals surface area contributed by atoms with Crippen LogP contribution in [-0.4, -0.2) is 43.5 Å². The van der Waals surface area contributed by atoms with Crippen molar-refractivity contribution < 1.29 is 14.3 Å². The number of hydrogen-bond acceptors (Lipinski definition) is 3. The maximum absolute atomic E-state index is 12.0. The smallest absolute Gasteiger partial charge is 0.223 e. The van der Waals surface area contributed by atoms with Gasteiger partial charge in [0.2, 0.25) is 11.8 Å². The Morgan fingerprint density at radius 2 is 1.75 bits per heavy atom. The van der Waals surface area contributed by atoms with Crippen molar-refractivity contribution in [1.82, 2.24) is 10.2 Å². The van der Waals surface area contributed by atoms with Gasteiger partial charge in [-0.2, -0.15) is 0 Å². The maximum Gasteiger partial charge on any atom is 0.223 e. The van der Waals surface area contributed by atoms with Crippen LogP contribution in [0.15, 0.2) is 24.3 Å². The summed E-state index contributed by atoms with van der Waals surface area (Å²) in [5.41, 5.74) is 1.16.